The summed E-state index contributed by atoms with van der Waals surface area (Å²) in [6, 6.07) is 7.38. The summed E-state index contributed by atoms with van der Waals surface area (Å²) in [6.07, 6.45) is -10.1. The molecule has 0 aliphatic rings. The number of carbonyl (C=O) groups excluding carboxylic acids is 1. The fourth-order valence-electron chi connectivity index (χ4n) is 2.68. The molecule has 34 heavy (non-hydrogen) atoms. The second-order valence-corrected chi connectivity index (χ2v) is 8.39. The summed E-state index contributed by atoms with van der Waals surface area (Å²) >= 11 is -0.856. The van der Waals surface area contributed by atoms with Gasteiger partial charge >= 0.3 is 12.4 Å². The molecule has 0 saturated carbocycles. The van der Waals surface area contributed by atoms with E-state index in [2.05, 4.69) is 24.3 Å². The lowest BCUT2D eigenvalue weighted by Gasteiger charge is -2.14. The van der Waals surface area contributed by atoms with E-state index in [1.54, 1.807) is 0 Å². The fourth-order valence-corrected chi connectivity index (χ4v) is 3.82. The molecule has 7 nitrogen and oxygen atoms in total. The Hall–Kier alpha value is -3.04. The molecule has 182 valence electrons. The lowest BCUT2D eigenvalue weighted by Crippen LogP contribution is -2.25. The minimum atomic E-state index is -4.93. The Kier molecular flexibility index (Phi) is 7.89. The predicted molar refractivity (Wildman–Crippen MR) is 114 cm³/mol. The van der Waals surface area contributed by atoms with Gasteiger partial charge in [-0.3, -0.25) is 9.52 Å². The maximum Gasteiger partial charge on any atom is 0.416 e. The highest BCUT2D eigenvalue weighted by Crippen LogP contribution is 2.36. The number of nitrogens with zero attached hydrogens (tertiary/aromatic N) is 2. The first-order chi connectivity index (χ1) is 15.9. The quantitative estimate of drug-likeness (QED) is 0.375. The molecule has 1 heterocycles. The molecule has 0 bridgehead atoms. The number of hydrogen-bond acceptors (Lipinski definition) is 5. The van der Waals surface area contributed by atoms with E-state index < -0.39 is 40.6 Å². The summed E-state index contributed by atoms with van der Waals surface area (Å²) < 4.78 is 98.3. The van der Waals surface area contributed by atoms with Crippen LogP contribution in [0, 0.1) is 0 Å². The lowest BCUT2D eigenvalue weighted by molar-refractivity contribution is -0.143. The van der Waals surface area contributed by atoms with E-state index in [-0.39, 0.29) is 30.3 Å². The van der Waals surface area contributed by atoms with Crippen LogP contribution in [-0.4, -0.2) is 26.2 Å². The standard InChI is InChI=1S/C19H15F6N5O2S2/c20-18(21,22)12-7-11(8-13(9-12)19(23,24)25)5-6-26-34(32)29-15-3-1-14(2-4-15)27-17(31)16-10-33-30-28-16/h1-4,7-10,26,29H,5-6H2,(H,27,31). The van der Waals surface area contributed by atoms with Crippen molar-refractivity contribution in [1.29, 1.82) is 0 Å². The van der Waals surface area contributed by atoms with Crippen molar-refractivity contribution in [3.8, 4) is 0 Å². The zero-order valence-electron chi connectivity index (χ0n) is 16.8. The Morgan fingerprint density at radius 3 is 2.06 bits per heavy atom. The third kappa shape index (κ3) is 7.23. The van der Waals surface area contributed by atoms with E-state index in [1.807, 2.05) is 0 Å². The van der Waals surface area contributed by atoms with Crippen LogP contribution in [0.2, 0.25) is 0 Å². The monoisotopic (exact) mass is 523 g/mol. The van der Waals surface area contributed by atoms with E-state index in [0.717, 1.165) is 11.5 Å². The van der Waals surface area contributed by atoms with Gasteiger partial charge in [-0.15, -0.1) is 5.10 Å². The van der Waals surface area contributed by atoms with Gasteiger partial charge in [0, 0.05) is 23.3 Å². The van der Waals surface area contributed by atoms with E-state index >= 15 is 0 Å². The van der Waals surface area contributed by atoms with Crippen molar-refractivity contribution in [2.24, 2.45) is 0 Å². The molecule has 0 spiro atoms. The molecule has 0 radical (unpaired) electrons. The zero-order chi connectivity index (χ0) is 24.9. The first kappa shape index (κ1) is 25.6. The maximum atomic E-state index is 12.9. The largest absolute Gasteiger partial charge is 0.416 e. The molecule has 1 atom stereocenters. The van der Waals surface area contributed by atoms with Gasteiger partial charge in [0.2, 0.25) is 0 Å². The molecule has 1 aromatic heterocycles. The van der Waals surface area contributed by atoms with Crippen molar-refractivity contribution in [2.75, 3.05) is 16.6 Å². The highest BCUT2D eigenvalue weighted by atomic mass is 32.2. The summed E-state index contributed by atoms with van der Waals surface area (Å²) in [5, 5.41) is 7.71. The minimum absolute atomic E-state index is 0.0521. The van der Waals surface area contributed by atoms with E-state index in [1.165, 1.54) is 29.6 Å². The van der Waals surface area contributed by atoms with Gasteiger partial charge in [-0.25, -0.2) is 8.93 Å². The molecular formula is C19H15F6N5O2S2. The minimum Gasteiger partial charge on any atom is -0.321 e. The fraction of sp³-hybridized carbons (Fsp3) is 0.211. The van der Waals surface area contributed by atoms with Gasteiger partial charge in [-0.05, 0) is 66.0 Å². The van der Waals surface area contributed by atoms with Crippen LogP contribution in [0.25, 0.3) is 0 Å². The number of rotatable bonds is 8. The number of alkyl halides is 6. The normalized spacial score (nSPS) is 12.9. The summed E-state index contributed by atoms with van der Waals surface area (Å²) in [7, 11) is 0. The average molecular weight is 523 g/mol. The van der Waals surface area contributed by atoms with Crippen LogP contribution in [0.3, 0.4) is 0 Å². The summed E-state index contributed by atoms with van der Waals surface area (Å²) in [5.41, 5.74) is -2.04. The van der Waals surface area contributed by atoms with Gasteiger partial charge in [-0.1, -0.05) is 4.49 Å². The first-order valence-corrected chi connectivity index (χ1v) is 11.3. The van der Waals surface area contributed by atoms with Crippen molar-refractivity contribution >= 4 is 40.0 Å². The first-order valence-electron chi connectivity index (χ1n) is 9.30. The number of benzene rings is 2. The number of nitrogens with one attached hydrogen (secondary N) is 3. The Morgan fingerprint density at radius 1 is 0.941 bits per heavy atom. The lowest BCUT2D eigenvalue weighted by atomic mass is 10.0. The third-order valence-electron chi connectivity index (χ3n) is 4.24. The molecule has 3 rings (SSSR count). The van der Waals surface area contributed by atoms with Crippen LogP contribution in [0.1, 0.15) is 27.2 Å². The summed E-state index contributed by atoms with van der Waals surface area (Å²) in [5.74, 6) is -0.456. The molecular weight excluding hydrogens is 508 g/mol. The van der Waals surface area contributed by atoms with Gasteiger partial charge in [0.15, 0.2) is 16.9 Å². The van der Waals surface area contributed by atoms with Crippen molar-refractivity contribution in [2.45, 2.75) is 18.8 Å². The summed E-state index contributed by atoms with van der Waals surface area (Å²) in [6.45, 7) is -0.159. The topological polar surface area (TPSA) is 96.0 Å². The number of halogens is 6. The number of hydrogen-bond donors (Lipinski definition) is 3. The highest BCUT2D eigenvalue weighted by molar-refractivity contribution is 7.84. The van der Waals surface area contributed by atoms with Crippen LogP contribution < -0.4 is 14.8 Å². The smallest absolute Gasteiger partial charge is 0.321 e. The van der Waals surface area contributed by atoms with Crippen LogP contribution >= 0.6 is 11.5 Å². The second-order valence-electron chi connectivity index (χ2n) is 6.75. The molecule has 1 unspecified atom stereocenters. The van der Waals surface area contributed by atoms with Crippen molar-refractivity contribution in [3.05, 3.63) is 70.2 Å². The molecule has 0 saturated heterocycles. The van der Waals surface area contributed by atoms with Crippen LogP contribution in [-0.2, 0) is 29.9 Å². The van der Waals surface area contributed by atoms with Gasteiger partial charge in [0.1, 0.15) is 0 Å². The Morgan fingerprint density at radius 2 is 1.53 bits per heavy atom. The average Bonchev–Trinajstić information content (AvgIpc) is 3.29. The van der Waals surface area contributed by atoms with Gasteiger partial charge < -0.3 is 5.32 Å². The molecule has 0 aliphatic carbocycles. The maximum absolute atomic E-state index is 12.9. The van der Waals surface area contributed by atoms with Gasteiger partial charge in [0.25, 0.3) is 5.91 Å². The van der Waals surface area contributed by atoms with Crippen molar-refractivity contribution < 1.29 is 35.3 Å². The molecule has 3 N–H and O–H groups in total. The number of amides is 1. The molecule has 3 aromatic rings. The Bertz CT molecular complexity index is 1120. The van der Waals surface area contributed by atoms with Gasteiger partial charge in [0.05, 0.1) is 11.1 Å². The Labute approximate surface area is 195 Å². The number of anilines is 2. The molecule has 0 fully saturated rings. The van der Waals surface area contributed by atoms with E-state index in [9.17, 15) is 35.3 Å². The van der Waals surface area contributed by atoms with Crippen LogP contribution in [0.4, 0.5) is 37.7 Å². The molecule has 0 aliphatic heterocycles. The van der Waals surface area contributed by atoms with E-state index in [0.29, 0.717) is 23.5 Å². The predicted octanol–water partition coefficient (Wildman–Crippen LogP) is 4.65. The van der Waals surface area contributed by atoms with Crippen LogP contribution in [0.5, 0.6) is 0 Å². The molecule has 2 aromatic carbocycles. The molecule has 1 amide bonds. The third-order valence-corrected chi connectivity index (χ3v) is 5.63. The van der Waals surface area contributed by atoms with Crippen LogP contribution in [0.15, 0.2) is 47.8 Å². The second kappa shape index (κ2) is 10.5. The molecule has 15 heteroatoms. The van der Waals surface area contributed by atoms with Crippen molar-refractivity contribution in [1.82, 2.24) is 14.3 Å². The number of carbonyl (C=O) groups is 1. The SMILES string of the molecule is O=C(Nc1ccc(NS(=O)NCCc2cc(C(F)(F)F)cc(C(F)(F)F)c2)cc1)c1csnn1. The zero-order valence-corrected chi connectivity index (χ0v) is 18.5. The van der Waals surface area contributed by atoms with Gasteiger partial charge in [-0.2, -0.15) is 26.3 Å². The van der Waals surface area contributed by atoms with Crippen molar-refractivity contribution in [3.63, 3.8) is 0 Å². The summed E-state index contributed by atoms with van der Waals surface area (Å²) in [4.78, 5) is 11.9. The number of aromatic nitrogens is 2. The Balaban J connectivity index is 1.54. The van der Waals surface area contributed by atoms with E-state index in [4.69, 9.17) is 0 Å². The highest BCUT2D eigenvalue weighted by Gasteiger charge is 2.36.